The third-order valence-electron chi connectivity index (χ3n) is 3.52. The first kappa shape index (κ1) is 16.1. The summed E-state index contributed by atoms with van der Waals surface area (Å²) >= 11 is 0. The van der Waals surface area contributed by atoms with Gasteiger partial charge in [-0.3, -0.25) is 4.79 Å². The zero-order valence-corrected chi connectivity index (χ0v) is 13.5. The van der Waals surface area contributed by atoms with Crippen LogP contribution < -0.4 is 10.6 Å². The molecule has 3 aromatic rings. The van der Waals surface area contributed by atoms with E-state index in [-0.39, 0.29) is 5.78 Å². The van der Waals surface area contributed by atoms with Gasteiger partial charge in [-0.15, -0.1) is 0 Å². The number of rotatable bonds is 5. The van der Waals surface area contributed by atoms with Crippen molar-refractivity contribution in [3.8, 4) is 6.07 Å². The van der Waals surface area contributed by atoms with E-state index in [4.69, 9.17) is 5.26 Å². The largest absolute Gasteiger partial charge is 0.340 e. The van der Waals surface area contributed by atoms with E-state index in [0.29, 0.717) is 28.5 Å². The van der Waals surface area contributed by atoms with E-state index in [2.05, 4.69) is 26.7 Å². The fourth-order valence-corrected chi connectivity index (χ4v) is 2.29. The molecule has 2 N–H and O–H groups in total. The van der Waals surface area contributed by atoms with Crippen LogP contribution in [0, 0.1) is 11.3 Å². The molecule has 122 valence electrons. The molecule has 0 bridgehead atoms. The molecule has 0 aliphatic heterocycles. The average Bonchev–Trinajstić information content (AvgIpc) is 2.63. The summed E-state index contributed by atoms with van der Waals surface area (Å²) in [4.78, 5) is 19.8. The highest BCUT2D eigenvalue weighted by atomic mass is 16.1. The topological polar surface area (TPSA) is 90.7 Å². The van der Waals surface area contributed by atoms with E-state index in [1.807, 2.05) is 24.3 Å². The number of Topliss-reactive ketones (excluding diaryl/α,β-unsaturated/α-hetero) is 1. The van der Waals surface area contributed by atoms with E-state index >= 15 is 0 Å². The quantitative estimate of drug-likeness (QED) is 0.687. The highest BCUT2D eigenvalue weighted by Crippen LogP contribution is 2.22. The molecule has 6 nitrogen and oxygen atoms in total. The molecule has 0 saturated carbocycles. The summed E-state index contributed by atoms with van der Waals surface area (Å²) in [5, 5.41) is 15.4. The summed E-state index contributed by atoms with van der Waals surface area (Å²) < 4.78 is 0. The zero-order valence-electron chi connectivity index (χ0n) is 13.5. The maximum absolute atomic E-state index is 11.5. The second-order valence-electron chi connectivity index (χ2n) is 5.33. The van der Waals surface area contributed by atoms with Crippen LogP contribution in [0.1, 0.15) is 22.8 Å². The molecule has 0 saturated heterocycles. The van der Waals surface area contributed by atoms with Crippen LogP contribution >= 0.6 is 0 Å². The Morgan fingerprint density at radius 3 is 2.52 bits per heavy atom. The third kappa shape index (κ3) is 3.98. The number of nitriles is 1. The van der Waals surface area contributed by atoms with E-state index in [1.165, 1.54) is 13.3 Å². The van der Waals surface area contributed by atoms with Gasteiger partial charge in [0, 0.05) is 17.3 Å². The molecule has 0 spiro atoms. The van der Waals surface area contributed by atoms with Gasteiger partial charge < -0.3 is 10.6 Å². The summed E-state index contributed by atoms with van der Waals surface area (Å²) in [7, 11) is 0. The molecule has 0 fully saturated rings. The molecule has 3 rings (SSSR count). The van der Waals surface area contributed by atoms with Crippen LogP contribution in [0.15, 0.2) is 60.9 Å². The van der Waals surface area contributed by atoms with Crippen LogP contribution in [0.25, 0.3) is 0 Å². The van der Waals surface area contributed by atoms with E-state index in [1.54, 1.807) is 30.3 Å². The molecule has 0 amide bonds. The lowest BCUT2D eigenvalue weighted by Crippen LogP contribution is -2.00. The van der Waals surface area contributed by atoms with Gasteiger partial charge >= 0.3 is 0 Å². The summed E-state index contributed by atoms with van der Waals surface area (Å²) in [5.41, 5.74) is 2.59. The number of nitrogens with zero attached hydrogens (tertiary/aromatic N) is 3. The summed E-state index contributed by atoms with van der Waals surface area (Å²) in [5.74, 6) is 1.14. The predicted molar refractivity (Wildman–Crippen MR) is 96.2 cm³/mol. The van der Waals surface area contributed by atoms with Crippen molar-refractivity contribution in [2.75, 3.05) is 10.6 Å². The number of carbonyl (C=O) groups is 1. The fraction of sp³-hybridized carbons (Fsp3) is 0.0526. The van der Waals surface area contributed by atoms with Crippen molar-refractivity contribution in [3.05, 3.63) is 72.1 Å². The molecule has 0 atom stereocenters. The Kier molecular flexibility index (Phi) is 4.67. The molecular formula is C19H15N5O. The van der Waals surface area contributed by atoms with E-state index < -0.39 is 0 Å². The van der Waals surface area contributed by atoms with Crippen molar-refractivity contribution in [1.82, 2.24) is 9.97 Å². The number of benzene rings is 2. The molecule has 0 unspecified atom stereocenters. The number of aromatic nitrogens is 2. The highest BCUT2D eigenvalue weighted by molar-refractivity contribution is 5.95. The Balaban J connectivity index is 1.81. The minimum atomic E-state index is 0.00167. The number of anilines is 4. The number of carbonyl (C=O) groups excluding carboxylic acids is 1. The van der Waals surface area contributed by atoms with Crippen molar-refractivity contribution in [2.45, 2.75) is 6.92 Å². The lowest BCUT2D eigenvalue weighted by molar-refractivity contribution is 0.101. The molecule has 0 aliphatic carbocycles. The lowest BCUT2D eigenvalue weighted by Gasteiger charge is -2.10. The molecule has 25 heavy (non-hydrogen) atoms. The summed E-state index contributed by atoms with van der Waals surface area (Å²) in [6.45, 7) is 1.53. The number of hydrogen-bond donors (Lipinski definition) is 2. The lowest BCUT2D eigenvalue weighted by atomic mass is 10.1. The first-order chi connectivity index (χ1) is 12.2. The first-order valence-corrected chi connectivity index (χ1v) is 7.62. The van der Waals surface area contributed by atoms with Crippen molar-refractivity contribution in [3.63, 3.8) is 0 Å². The maximum Gasteiger partial charge on any atom is 0.159 e. The zero-order chi connectivity index (χ0) is 17.6. The standard InChI is InChI=1S/C19H15N5O/c1-13(25)14-6-4-7-16(9-14)23-18-10-19(22-12-21-18)24-17-8-3-2-5-15(17)11-20/h2-10,12H,1H3,(H2,21,22,23,24). The smallest absolute Gasteiger partial charge is 0.159 e. The predicted octanol–water partition coefficient (Wildman–Crippen LogP) is 4.04. The third-order valence-corrected chi connectivity index (χ3v) is 3.52. The molecule has 0 radical (unpaired) electrons. The van der Waals surface area contributed by atoms with Gasteiger partial charge in [0.1, 0.15) is 24.0 Å². The van der Waals surface area contributed by atoms with Crippen LogP contribution in [0.2, 0.25) is 0 Å². The van der Waals surface area contributed by atoms with Crippen LogP contribution in [-0.4, -0.2) is 15.8 Å². The molecule has 1 heterocycles. The molecular weight excluding hydrogens is 314 g/mol. The monoisotopic (exact) mass is 329 g/mol. The molecule has 0 aliphatic rings. The number of ketones is 1. The number of hydrogen-bond acceptors (Lipinski definition) is 6. The molecule has 6 heteroatoms. The number of para-hydroxylation sites is 1. The van der Waals surface area contributed by atoms with Gasteiger partial charge in [-0.25, -0.2) is 9.97 Å². The van der Waals surface area contributed by atoms with Crippen LogP contribution in [-0.2, 0) is 0 Å². The Hall–Kier alpha value is -3.72. The van der Waals surface area contributed by atoms with Crippen LogP contribution in [0.5, 0.6) is 0 Å². The second kappa shape index (κ2) is 7.23. The Morgan fingerprint density at radius 1 is 1.00 bits per heavy atom. The van der Waals surface area contributed by atoms with E-state index in [0.717, 1.165) is 5.69 Å². The van der Waals surface area contributed by atoms with Gasteiger partial charge in [0.2, 0.25) is 0 Å². The van der Waals surface area contributed by atoms with Gasteiger partial charge in [0.05, 0.1) is 11.3 Å². The summed E-state index contributed by atoms with van der Waals surface area (Å²) in [6.07, 6.45) is 1.43. The Labute approximate surface area is 145 Å². The van der Waals surface area contributed by atoms with Crippen LogP contribution in [0.3, 0.4) is 0 Å². The normalized spacial score (nSPS) is 9.92. The second-order valence-corrected chi connectivity index (χ2v) is 5.33. The Bertz CT molecular complexity index is 962. The minimum Gasteiger partial charge on any atom is -0.340 e. The van der Waals surface area contributed by atoms with Gasteiger partial charge in [-0.05, 0) is 31.2 Å². The van der Waals surface area contributed by atoms with Crippen molar-refractivity contribution < 1.29 is 4.79 Å². The maximum atomic E-state index is 11.5. The average molecular weight is 329 g/mol. The van der Waals surface area contributed by atoms with Crippen molar-refractivity contribution in [2.24, 2.45) is 0 Å². The van der Waals surface area contributed by atoms with Crippen LogP contribution in [0.4, 0.5) is 23.0 Å². The minimum absolute atomic E-state index is 0.00167. The van der Waals surface area contributed by atoms with E-state index in [9.17, 15) is 4.79 Å². The molecule has 2 aromatic carbocycles. The fourth-order valence-electron chi connectivity index (χ4n) is 2.29. The van der Waals surface area contributed by atoms with Gasteiger partial charge in [-0.1, -0.05) is 24.3 Å². The SMILES string of the molecule is CC(=O)c1cccc(Nc2cc(Nc3ccccc3C#N)ncn2)c1. The Morgan fingerprint density at radius 2 is 1.76 bits per heavy atom. The number of nitrogens with one attached hydrogen (secondary N) is 2. The summed E-state index contributed by atoms with van der Waals surface area (Å²) in [6, 6.07) is 18.2. The molecule has 1 aromatic heterocycles. The van der Waals surface area contributed by atoms with Crippen molar-refractivity contribution >= 4 is 28.8 Å². The highest BCUT2D eigenvalue weighted by Gasteiger charge is 2.05. The van der Waals surface area contributed by atoms with Gasteiger partial charge in [0.25, 0.3) is 0 Å². The van der Waals surface area contributed by atoms with Crippen molar-refractivity contribution in [1.29, 1.82) is 5.26 Å². The van der Waals surface area contributed by atoms with Gasteiger partial charge in [-0.2, -0.15) is 5.26 Å². The van der Waals surface area contributed by atoms with Gasteiger partial charge in [0.15, 0.2) is 5.78 Å². The first-order valence-electron chi connectivity index (χ1n) is 7.62.